The van der Waals surface area contributed by atoms with Crippen LogP contribution in [-0.4, -0.2) is 20.9 Å². The van der Waals surface area contributed by atoms with Gasteiger partial charge in [-0.25, -0.2) is 9.97 Å². The third-order valence-electron chi connectivity index (χ3n) is 4.39. The lowest BCUT2D eigenvalue weighted by Gasteiger charge is -2.14. The maximum absolute atomic E-state index is 12.7. The number of halogens is 1. The number of aromatic nitrogens is 3. The highest BCUT2D eigenvalue weighted by Crippen LogP contribution is 2.27. The van der Waals surface area contributed by atoms with E-state index in [2.05, 4.69) is 48.2 Å². The van der Waals surface area contributed by atoms with Gasteiger partial charge in [0.2, 0.25) is 5.95 Å². The number of hydrogen-bond acceptors (Lipinski definition) is 5. The lowest BCUT2D eigenvalue weighted by Crippen LogP contribution is -2.13. The summed E-state index contributed by atoms with van der Waals surface area (Å²) in [6.45, 7) is 1.99. The Morgan fingerprint density at radius 2 is 1.80 bits per heavy atom. The smallest absolute Gasteiger partial charge is 0.255 e. The molecule has 4 aromatic rings. The molecule has 148 valence electrons. The topological polar surface area (TPSA) is 79.8 Å². The first kappa shape index (κ1) is 20.0. The van der Waals surface area contributed by atoms with E-state index in [0.717, 1.165) is 26.1 Å². The van der Waals surface area contributed by atoms with Crippen LogP contribution in [0, 0.1) is 10.5 Å². The highest BCUT2D eigenvalue weighted by molar-refractivity contribution is 14.1. The fraction of sp³-hybridized carbons (Fsp3) is 0.0435. The molecule has 6 nitrogen and oxygen atoms in total. The fourth-order valence-corrected chi connectivity index (χ4v) is 3.24. The zero-order valence-corrected chi connectivity index (χ0v) is 18.3. The molecule has 0 aliphatic heterocycles. The molecule has 7 heteroatoms. The second-order valence-corrected chi connectivity index (χ2v) is 7.89. The summed E-state index contributed by atoms with van der Waals surface area (Å²) < 4.78 is 1.08. The van der Waals surface area contributed by atoms with Crippen molar-refractivity contribution in [1.82, 2.24) is 15.0 Å². The number of rotatable bonds is 5. The molecule has 0 aliphatic carbocycles. The van der Waals surface area contributed by atoms with Crippen molar-refractivity contribution in [3.8, 4) is 11.3 Å². The monoisotopic (exact) mass is 507 g/mol. The van der Waals surface area contributed by atoms with Crippen LogP contribution in [0.3, 0.4) is 0 Å². The number of nitrogens with one attached hydrogen (secondary N) is 2. The molecule has 4 rings (SSSR count). The van der Waals surface area contributed by atoms with Crippen molar-refractivity contribution >= 4 is 45.8 Å². The summed E-state index contributed by atoms with van der Waals surface area (Å²) in [4.78, 5) is 25.7. The van der Waals surface area contributed by atoms with Gasteiger partial charge in [0.25, 0.3) is 5.91 Å². The van der Waals surface area contributed by atoms with Crippen molar-refractivity contribution in [1.29, 1.82) is 0 Å². The van der Waals surface area contributed by atoms with Gasteiger partial charge < -0.3 is 10.6 Å². The Kier molecular flexibility index (Phi) is 5.99. The minimum atomic E-state index is -0.177. The molecule has 0 atom stereocenters. The van der Waals surface area contributed by atoms with E-state index in [0.29, 0.717) is 17.2 Å². The average Bonchev–Trinajstić information content (AvgIpc) is 2.77. The number of carbonyl (C=O) groups is 1. The molecule has 0 unspecified atom stereocenters. The second-order valence-electron chi connectivity index (χ2n) is 6.64. The van der Waals surface area contributed by atoms with Gasteiger partial charge in [0.15, 0.2) is 0 Å². The molecule has 0 aliphatic rings. The summed E-state index contributed by atoms with van der Waals surface area (Å²) in [6.07, 6.45) is 5.17. The van der Waals surface area contributed by atoms with E-state index < -0.39 is 0 Å². The zero-order chi connectivity index (χ0) is 20.9. The average molecular weight is 507 g/mol. The Bertz CT molecular complexity index is 1180. The molecule has 0 radical (unpaired) electrons. The quantitative estimate of drug-likeness (QED) is 0.352. The van der Waals surface area contributed by atoms with Gasteiger partial charge in [-0.2, -0.15) is 0 Å². The standard InChI is InChI=1S/C23H18IN5O/c1-15-4-9-20(27-22(30)16-5-7-18(24)8-6-16)21(13-15)29-23-26-12-10-19(28-23)17-3-2-11-25-14-17/h2-14H,1H3,(H,27,30)(H,26,28,29). The summed E-state index contributed by atoms with van der Waals surface area (Å²) in [5.74, 6) is 0.259. The summed E-state index contributed by atoms with van der Waals surface area (Å²) in [6, 6.07) is 18.8. The van der Waals surface area contributed by atoms with E-state index in [1.807, 2.05) is 55.5 Å². The lowest BCUT2D eigenvalue weighted by molar-refractivity contribution is 0.102. The van der Waals surface area contributed by atoms with Gasteiger partial charge in [0.05, 0.1) is 17.1 Å². The molecule has 2 aromatic heterocycles. The summed E-state index contributed by atoms with van der Waals surface area (Å²) in [5.41, 5.74) is 4.68. The van der Waals surface area contributed by atoms with Crippen LogP contribution in [-0.2, 0) is 0 Å². The number of pyridine rings is 1. The van der Waals surface area contributed by atoms with E-state index in [4.69, 9.17) is 0 Å². The molecule has 0 saturated heterocycles. The van der Waals surface area contributed by atoms with Gasteiger partial charge in [-0.05, 0) is 89.7 Å². The van der Waals surface area contributed by atoms with Gasteiger partial charge in [-0.15, -0.1) is 0 Å². The summed E-state index contributed by atoms with van der Waals surface area (Å²) >= 11 is 2.21. The van der Waals surface area contributed by atoms with Gasteiger partial charge in [-0.3, -0.25) is 9.78 Å². The SMILES string of the molecule is Cc1ccc(NC(=O)c2ccc(I)cc2)c(Nc2nccc(-c3cccnc3)n2)c1. The molecule has 1 amide bonds. The van der Waals surface area contributed by atoms with E-state index in [9.17, 15) is 4.79 Å². The minimum absolute atomic E-state index is 0.177. The molecule has 2 aromatic carbocycles. The molecule has 0 spiro atoms. The van der Waals surface area contributed by atoms with Crippen molar-refractivity contribution in [2.75, 3.05) is 10.6 Å². The largest absolute Gasteiger partial charge is 0.322 e. The van der Waals surface area contributed by atoms with Crippen LogP contribution in [0.1, 0.15) is 15.9 Å². The van der Waals surface area contributed by atoms with Gasteiger partial charge >= 0.3 is 0 Å². The maximum Gasteiger partial charge on any atom is 0.255 e. The van der Waals surface area contributed by atoms with E-state index >= 15 is 0 Å². The Morgan fingerprint density at radius 1 is 0.967 bits per heavy atom. The number of aryl methyl sites for hydroxylation is 1. The third-order valence-corrected chi connectivity index (χ3v) is 5.11. The van der Waals surface area contributed by atoms with Crippen LogP contribution in [0.15, 0.2) is 79.3 Å². The normalized spacial score (nSPS) is 10.5. The van der Waals surface area contributed by atoms with Crippen LogP contribution in [0.4, 0.5) is 17.3 Å². The van der Waals surface area contributed by atoms with Crippen molar-refractivity contribution < 1.29 is 4.79 Å². The van der Waals surface area contributed by atoms with E-state index in [-0.39, 0.29) is 5.91 Å². The molecule has 0 saturated carbocycles. The van der Waals surface area contributed by atoms with Crippen molar-refractivity contribution in [3.05, 3.63) is 94.0 Å². The van der Waals surface area contributed by atoms with Gasteiger partial charge in [-0.1, -0.05) is 6.07 Å². The van der Waals surface area contributed by atoms with Gasteiger partial charge in [0.1, 0.15) is 0 Å². The Labute approximate surface area is 188 Å². The number of benzene rings is 2. The number of hydrogen-bond donors (Lipinski definition) is 2. The van der Waals surface area contributed by atoms with Crippen molar-refractivity contribution in [2.45, 2.75) is 6.92 Å². The molecule has 0 fully saturated rings. The van der Waals surface area contributed by atoms with E-state index in [1.54, 1.807) is 30.7 Å². The fourth-order valence-electron chi connectivity index (χ4n) is 2.88. The summed E-state index contributed by atoms with van der Waals surface area (Å²) in [5, 5.41) is 6.20. The molecular formula is C23H18IN5O. The maximum atomic E-state index is 12.7. The lowest BCUT2D eigenvalue weighted by atomic mass is 10.1. The molecule has 2 N–H and O–H groups in total. The Morgan fingerprint density at radius 3 is 2.57 bits per heavy atom. The zero-order valence-electron chi connectivity index (χ0n) is 16.1. The molecule has 30 heavy (non-hydrogen) atoms. The van der Waals surface area contributed by atoms with Crippen molar-refractivity contribution in [2.24, 2.45) is 0 Å². The highest BCUT2D eigenvalue weighted by atomic mass is 127. The first-order valence-electron chi connectivity index (χ1n) is 9.26. The first-order valence-corrected chi connectivity index (χ1v) is 10.3. The van der Waals surface area contributed by atoms with Crippen LogP contribution in [0.25, 0.3) is 11.3 Å². The predicted octanol–water partition coefficient (Wildman–Crippen LogP) is 5.45. The first-order chi connectivity index (χ1) is 14.6. The Balaban J connectivity index is 1.60. The highest BCUT2D eigenvalue weighted by Gasteiger charge is 2.11. The predicted molar refractivity (Wildman–Crippen MR) is 127 cm³/mol. The van der Waals surface area contributed by atoms with Crippen molar-refractivity contribution in [3.63, 3.8) is 0 Å². The number of anilines is 3. The number of amides is 1. The minimum Gasteiger partial charge on any atom is -0.322 e. The van der Waals surface area contributed by atoms with Gasteiger partial charge in [0, 0.05) is 33.3 Å². The number of nitrogens with zero attached hydrogens (tertiary/aromatic N) is 3. The Hall–Kier alpha value is -3.33. The van der Waals surface area contributed by atoms with Crippen LogP contribution in [0.2, 0.25) is 0 Å². The third kappa shape index (κ3) is 4.80. The number of carbonyl (C=O) groups excluding carboxylic acids is 1. The van der Waals surface area contributed by atoms with Crippen LogP contribution in [0.5, 0.6) is 0 Å². The second kappa shape index (κ2) is 9.00. The molecule has 0 bridgehead atoms. The summed E-state index contributed by atoms with van der Waals surface area (Å²) in [7, 11) is 0. The molecule has 2 heterocycles. The van der Waals surface area contributed by atoms with Crippen LogP contribution < -0.4 is 10.6 Å². The van der Waals surface area contributed by atoms with Crippen LogP contribution >= 0.6 is 22.6 Å². The molecular weight excluding hydrogens is 489 g/mol. The van der Waals surface area contributed by atoms with E-state index in [1.165, 1.54) is 0 Å².